The molecule has 23 heavy (non-hydrogen) atoms. The number of carbonyl (C=O) groups excluding carboxylic acids is 1. The molecular weight excluding hydrogens is 288 g/mol. The highest BCUT2D eigenvalue weighted by atomic mass is 16.2. The van der Waals surface area contributed by atoms with E-state index in [0.29, 0.717) is 11.0 Å². The number of nitrogens with zero attached hydrogens (tertiary/aromatic N) is 4. The molecule has 1 aromatic rings. The van der Waals surface area contributed by atoms with Crippen molar-refractivity contribution in [2.24, 2.45) is 5.41 Å². The van der Waals surface area contributed by atoms with Crippen LogP contribution in [0.25, 0.3) is 0 Å². The minimum Gasteiger partial charge on any atom is -0.338 e. The average Bonchev–Trinajstić information content (AvgIpc) is 2.86. The second-order valence-corrected chi connectivity index (χ2v) is 7.70. The molecule has 3 heterocycles. The van der Waals surface area contributed by atoms with Gasteiger partial charge >= 0.3 is 0 Å². The van der Waals surface area contributed by atoms with Gasteiger partial charge in [0.05, 0.1) is 11.3 Å². The Bertz CT molecular complexity index is 597. The van der Waals surface area contributed by atoms with Gasteiger partial charge in [-0.05, 0) is 39.8 Å². The standard InChI is InChI=1S/C18H28N4O/c1-13(2)16-19-10-15(14(3)20-16)17(23)22-8-5-6-18(12-22)7-9-21(4)11-18/h10,13H,5-9,11-12H2,1-4H3/t18-/m1/s1. The summed E-state index contributed by atoms with van der Waals surface area (Å²) in [5, 5.41) is 0. The maximum Gasteiger partial charge on any atom is 0.257 e. The van der Waals surface area contributed by atoms with Crippen LogP contribution in [0.3, 0.4) is 0 Å². The highest BCUT2D eigenvalue weighted by molar-refractivity contribution is 5.95. The normalized spacial score (nSPS) is 25.5. The second kappa shape index (κ2) is 6.19. The molecule has 2 aliphatic rings. The van der Waals surface area contributed by atoms with Crippen LogP contribution in [0.1, 0.15) is 60.9 Å². The quantitative estimate of drug-likeness (QED) is 0.841. The molecule has 1 amide bonds. The molecule has 1 spiro atoms. The van der Waals surface area contributed by atoms with Gasteiger partial charge < -0.3 is 9.80 Å². The zero-order valence-electron chi connectivity index (χ0n) is 14.8. The molecule has 2 aliphatic heterocycles. The van der Waals surface area contributed by atoms with Gasteiger partial charge in [0, 0.05) is 37.2 Å². The van der Waals surface area contributed by atoms with Crippen molar-refractivity contribution in [3.63, 3.8) is 0 Å². The number of hydrogen-bond donors (Lipinski definition) is 0. The highest BCUT2D eigenvalue weighted by Gasteiger charge is 2.41. The third kappa shape index (κ3) is 3.25. The molecule has 0 saturated carbocycles. The van der Waals surface area contributed by atoms with Gasteiger partial charge in [-0.3, -0.25) is 4.79 Å². The van der Waals surface area contributed by atoms with Crippen LogP contribution in [-0.4, -0.2) is 58.9 Å². The molecule has 0 aromatic carbocycles. The molecule has 0 bridgehead atoms. The summed E-state index contributed by atoms with van der Waals surface area (Å²) in [5.74, 6) is 1.20. The van der Waals surface area contributed by atoms with Gasteiger partial charge in [-0.2, -0.15) is 0 Å². The molecule has 1 aromatic heterocycles. The summed E-state index contributed by atoms with van der Waals surface area (Å²) in [5.41, 5.74) is 1.77. The van der Waals surface area contributed by atoms with Gasteiger partial charge in [-0.15, -0.1) is 0 Å². The molecule has 2 saturated heterocycles. The average molecular weight is 316 g/mol. The van der Waals surface area contributed by atoms with E-state index in [9.17, 15) is 4.79 Å². The first kappa shape index (κ1) is 16.4. The summed E-state index contributed by atoms with van der Waals surface area (Å²) in [6, 6.07) is 0. The lowest BCUT2D eigenvalue weighted by Gasteiger charge is -2.40. The molecule has 3 rings (SSSR count). The Balaban J connectivity index is 1.77. The molecule has 5 heteroatoms. The zero-order valence-corrected chi connectivity index (χ0v) is 14.8. The Labute approximate surface area is 139 Å². The number of piperidine rings is 1. The Kier molecular flexibility index (Phi) is 4.41. The monoisotopic (exact) mass is 316 g/mol. The van der Waals surface area contributed by atoms with Crippen LogP contribution in [0.5, 0.6) is 0 Å². The Morgan fingerprint density at radius 1 is 1.26 bits per heavy atom. The van der Waals surface area contributed by atoms with E-state index >= 15 is 0 Å². The van der Waals surface area contributed by atoms with Crippen LogP contribution in [-0.2, 0) is 0 Å². The van der Waals surface area contributed by atoms with Crippen molar-refractivity contribution in [3.05, 3.63) is 23.3 Å². The van der Waals surface area contributed by atoms with Crippen molar-refractivity contribution in [3.8, 4) is 0 Å². The van der Waals surface area contributed by atoms with E-state index < -0.39 is 0 Å². The van der Waals surface area contributed by atoms with Crippen molar-refractivity contribution >= 4 is 5.91 Å². The number of carbonyl (C=O) groups is 1. The molecule has 0 unspecified atom stereocenters. The summed E-state index contributed by atoms with van der Waals surface area (Å²) in [6.45, 7) is 10.1. The molecular formula is C18H28N4O. The fourth-order valence-electron chi connectivity index (χ4n) is 4.02. The third-order valence-corrected chi connectivity index (χ3v) is 5.32. The first-order chi connectivity index (χ1) is 10.9. The minimum absolute atomic E-state index is 0.103. The molecule has 1 atom stereocenters. The smallest absolute Gasteiger partial charge is 0.257 e. The second-order valence-electron chi connectivity index (χ2n) is 7.70. The van der Waals surface area contributed by atoms with E-state index in [1.54, 1.807) is 6.20 Å². The number of rotatable bonds is 2. The van der Waals surface area contributed by atoms with Crippen LogP contribution in [0.15, 0.2) is 6.20 Å². The van der Waals surface area contributed by atoms with Gasteiger partial charge in [-0.25, -0.2) is 9.97 Å². The zero-order chi connectivity index (χ0) is 16.6. The van der Waals surface area contributed by atoms with Crippen molar-refractivity contribution in [1.29, 1.82) is 0 Å². The molecule has 0 radical (unpaired) electrons. The van der Waals surface area contributed by atoms with Crippen LogP contribution in [0.4, 0.5) is 0 Å². The summed E-state index contributed by atoms with van der Waals surface area (Å²) in [4.78, 5) is 26.3. The van der Waals surface area contributed by atoms with E-state index in [-0.39, 0.29) is 11.8 Å². The molecule has 126 valence electrons. The lowest BCUT2D eigenvalue weighted by molar-refractivity contribution is 0.0533. The Morgan fingerprint density at radius 2 is 2.04 bits per heavy atom. The molecule has 5 nitrogen and oxygen atoms in total. The van der Waals surface area contributed by atoms with E-state index in [1.807, 2.05) is 11.8 Å². The van der Waals surface area contributed by atoms with E-state index in [4.69, 9.17) is 0 Å². The van der Waals surface area contributed by atoms with Gasteiger partial charge in [0.1, 0.15) is 5.82 Å². The Hall–Kier alpha value is -1.49. The van der Waals surface area contributed by atoms with Gasteiger partial charge in [0.2, 0.25) is 0 Å². The maximum absolute atomic E-state index is 13.0. The van der Waals surface area contributed by atoms with Crippen molar-refractivity contribution in [1.82, 2.24) is 19.8 Å². The Morgan fingerprint density at radius 3 is 2.65 bits per heavy atom. The number of likely N-dealkylation sites (tertiary alicyclic amines) is 2. The predicted octanol–water partition coefficient (Wildman–Crippen LogP) is 2.47. The summed E-state index contributed by atoms with van der Waals surface area (Å²) < 4.78 is 0. The molecule has 2 fully saturated rings. The third-order valence-electron chi connectivity index (χ3n) is 5.32. The van der Waals surface area contributed by atoms with Crippen LogP contribution in [0.2, 0.25) is 0 Å². The fourth-order valence-corrected chi connectivity index (χ4v) is 4.02. The largest absolute Gasteiger partial charge is 0.338 e. The number of aryl methyl sites for hydroxylation is 1. The lowest BCUT2D eigenvalue weighted by Crippen LogP contribution is -2.47. The SMILES string of the molecule is Cc1nc(C(C)C)ncc1C(=O)N1CCC[C@]2(CCN(C)C2)C1. The highest BCUT2D eigenvalue weighted by Crippen LogP contribution is 2.38. The van der Waals surface area contributed by atoms with Crippen LogP contribution >= 0.6 is 0 Å². The van der Waals surface area contributed by atoms with Crippen LogP contribution < -0.4 is 0 Å². The number of hydrogen-bond acceptors (Lipinski definition) is 4. The maximum atomic E-state index is 13.0. The van der Waals surface area contributed by atoms with Crippen LogP contribution in [0, 0.1) is 12.3 Å². The van der Waals surface area contributed by atoms with Gasteiger partial charge in [-0.1, -0.05) is 13.8 Å². The molecule has 0 aliphatic carbocycles. The number of aromatic nitrogens is 2. The first-order valence-electron chi connectivity index (χ1n) is 8.72. The summed E-state index contributed by atoms with van der Waals surface area (Å²) in [7, 11) is 2.18. The summed E-state index contributed by atoms with van der Waals surface area (Å²) >= 11 is 0. The summed E-state index contributed by atoms with van der Waals surface area (Å²) in [6.07, 6.45) is 5.27. The van der Waals surface area contributed by atoms with Gasteiger partial charge in [0.15, 0.2) is 0 Å². The minimum atomic E-state index is 0.103. The van der Waals surface area contributed by atoms with E-state index in [2.05, 4.69) is 35.8 Å². The predicted molar refractivity (Wildman–Crippen MR) is 90.5 cm³/mol. The van der Waals surface area contributed by atoms with E-state index in [1.165, 1.54) is 12.8 Å². The fraction of sp³-hybridized carbons (Fsp3) is 0.722. The first-order valence-corrected chi connectivity index (χ1v) is 8.72. The van der Waals surface area contributed by atoms with Crippen molar-refractivity contribution < 1.29 is 4.79 Å². The molecule has 0 N–H and O–H groups in total. The van der Waals surface area contributed by atoms with Gasteiger partial charge in [0.25, 0.3) is 5.91 Å². The van der Waals surface area contributed by atoms with E-state index in [0.717, 1.165) is 44.1 Å². The van der Waals surface area contributed by atoms with Crippen molar-refractivity contribution in [2.75, 3.05) is 33.2 Å². The number of amides is 1. The lowest BCUT2D eigenvalue weighted by atomic mass is 9.79. The van der Waals surface area contributed by atoms with Crippen molar-refractivity contribution in [2.45, 2.75) is 46.0 Å². The topological polar surface area (TPSA) is 49.3 Å².